The lowest BCUT2D eigenvalue weighted by Crippen LogP contribution is -2.29. The molecule has 1 N–H and O–H groups in total. The molecular weight excluding hydrogens is 522 g/mol. The first kappa shape index (κ1) is 27.9. The van der Waals surface area contributed by atoms with Gasteiger partial charge < -0.3 is 24.1 Å². The van der Waals surface area contributed by atoms with Crippen molar-refractivity contribution in [3.8, 4) is 23.0 Å². The normalized spacial score (nSPS) is 16.3. The van der Waals surface area contributed by atoms with Gasteiger partial charge in [0.05, 0.1) is 44.1 Å². The number of benzene rings is 3. The van der Waals surface area contributed by atoms with Crippen LogP contribution in [0, 0.1) is 0 Å². The molecule has 0 bridgehead atoms. The molecule has 1 fully saturated rings. The molecule has 0 spiro atoms. The molecule has 9 heteroatoms. The Balaban J connectivity index is 1.97. The van der Waals surface area contributed by atoms with Gasteiger partial charge in [0, 0.05) is 16.8 Å². The van der Waals surface area contributed by atoms with Gasteiger partial charge in [-0.2, -0.15) is 0 Å². The van der Waals surface area contributed by atoms with E-state index in [1.807, 2.05) is 20.8 Å². The van der Waals surface area contributed by atoms with Crippen molar-refractivity contribution >= 4 is 34.7 Å². The number of amides is 1. The maximum atomic E-state index is 13.6. The zero-order valence-electron chi connectivity index (χ0n) is 22.2. The summed E-state index contributed by atoms with van der Waals surface area (Å²) in [4.78, 5) is 28.4. The number of carbonyl (C=O) groups is 2. The standard InChI is InChI=1S/C30H30ClNO7/c1-5-37-21-13-14-22(24(17-21)38-6-2)28(33)26-27(18-8-15-23(36-4)25(16-18)39-7-3)32(30(35)29(26)34)20-11-9-19(31)10-12-20/h8-17,27,33H,5-7H2,1-4H3/b28-26+. The Morgan fingerprint density at radius 1 is 0.846 bits per heavy atom. The number of ketones is 1. The zero-order valence-corrected chi connectivity index (χ0v) is 22.9. The number of hydrogen-bond donors (Lipinski definition) is 1. The van der Waals surface area contributed by atoms with Crippen LogP contribution in [0.25, 0.3) is 5.76 Å². The summed E-state index contributed by atoms with van der Waals surface area (Å²) in [6.45, 7) is 6.65. The number of methoxy groups -OCH3 is 1. The van der Waals surface area contributed by atoms with Crippen LogP contribution in [-0.2, 0) is 9.59 Å². The number of Topliss-reactive ketones (excluding diaryl/α,β-unsaturated/α-hetero) is 1. The van der Waals surface area contributed by atoms with Gasteiger partial charge in [-0.25, -0.2) is 0 Å². The lowest BCUT2D eigenvalue weighted by molar-refractivity contribution is -0.132. The van der Waals surface area contributed by atoms with E-state index in [1.54, 1.807) is 60.7 Å². The molecule has 3 aromatic rings. The average Bonchev–Trinajstić information content (AvgIpc) is 3.19. The molecule has 1 aliphatic heterocycles. The molecule has 1 atom stereocenters. The van der Waals surface area contributed by atoms with Crippen molar-refractivity contribution in [3.63, 3.8) is 0 Å². The van der Waals surface area contributed by atoms with Crippen molar-refractivity contribution in [3.05, 3.63) is 82.4 Å². The number of aliphatic hydroxyl groups is 1. The van der Waals surface area contributed by atoms with E-state index in [0.29, 0.717) is 59.1 Å². The second-order valence-electron chi connectivity index (χ2n) is 8.51. The fourth-order valence-electron chi connectivity index (χ4n) is 4.52. The maximum Gasteiger partial charge on any atom is 0.300 e. The van der Waals surface area contributed by atoms with Crippen molar-refractivity contribution in [2.75, 3.05) is 31.8 Å². The highest BCUT2D eigenvalue weighted by Crippen LogP contribution is 2.45. The second kappa shape index (κ2) is 12.1. The molecular formula is C30H30ClNO7. The largest absolute Gasteiger partial charge is 0.507 e. The van der Waals surface area contributed by atoms with Crippen LogP contribution in [0.5, 0.6) is 23.0 Å². The lowest BCUT2D eigenvalue weighted by Gasteiger charge is -2.26. The SMILES string of the molecule is CCOc1ccc(/C(O)=C2\C(=O)C(=O)N(c3ccc(Cl)cc3)C2c2ccc(OC)c(OCC)c2)c(OCC)c1. The molecule has 4 rings (SSSR count). The van der Waals surface area contributed by atoms with Gasteiger partial charge in [0.2, 0.25) is 0 Å². The summed E-state index contributed by atoms with van der Waals surface area (Å²) in [5, 5.41) is 12.1. The molecule has 8 nitrogen and oxygen atoms in total. The van der Waals surface area contributed by atoms with E-state index in [2.05, 4.69) is 0 Å². The summed E-state index contributed by atoms with van der Waals surface area (Å²) >= 11 is 6.09. The second-order valence-corrected chi connectivity index (χ2v) is 8.95. The number of aliphatic hydroxyl groups excluding tert-OH is 1. The summed E-state index contributed by atoms with van der Waals surface area (Å²) in [6.07, 6.45) is 0. The highest BCUT2D eigenvalue weighted by atomic mass is 35.5. The Hall–Kier alpha value is -4.17. The Labute approximate surface area is 232 Å². The van der Waals surface area contributed by atoms with Crippen LogP contribution < -0.4 is 23.8 Å². The van der Waals surface area contributed by atoms with Crippen LogP contribution in [0.4, 0.5) is 5.69 Å². The Morgan fingerprint density at radius 2 is 1.51 bits per heavy atom. The Bertz CT molecular complexity index is 1400. The van der Waals surface area contributed by atoms with E-state index in [9.17, 15) is 14.7 Å². The molecule has 1 saturated heterocycles. The van der Waals surface area contributed by atoms with Crippen molar-refractivity contribution in [1.82, 2.24) is 0 Å². The van der Waals surface area contributed by atoms with E-state index in [0.717, 1.165) is 0 Å². The van der Waals surface area contributed by atoms with Crippen LogP contribution >= 0.6 is 11.6 Å². The average molecular weight is 552 g/mol. The molecule has 1 heterocycles. The van der Waals surface area contributed by atoms with Crippen molar-refractivity contribution in [2.45, 2.75) is 26.8 Å². The van der Waals surface area contributed by atoms with Gasteiger partial charge >= 0.3 is 0 Å². The molecule has 1 unspecified atom stereocenters. The van der Waals surface area contributed by atoms with Crippen LogP contribution in [0.1, 0.15) is 37.9 Å². The van der Waals surface area contributed by atoms with Gasteiger partial charge in [0.15, 0.2) is 11.5 Å². The first-order valence-electron chi connectivity index (χ1n) is 12.6. The van der Waals surface area contributed by atoms with Gasteiger partial charge in [-0.05, 0) is 74.9 Å². The first-order valence-corrected chi connectivity index (χ1v) is 13.0. The summed E-state index contributed by atoms with van der Waals surface area (Å²) in [7, 11) is 1.53. The quantitative estimate of drug-likeness (QED) is 0.183. The molecule has 0 saturated carbocycles. The van der Waals surface area contributed by atoms with Crippen molar-refractivity contribution in [2.24, 2.45) is 0 Å². The third-order valence-electron chi connectivity index (χ3n) is 6.17. The predicted molar refractivity (Wildman–Crippen MR) is 149 cm³/mol. The van der Waals surface area contributed by atoms with E-state index in [1.165, 1.54) is 12.0 Å². The molecule has 1 amide bonds. The van der Waals surface area contributed by atoms with E-state index in [4.69, 9.17) is 30.5 Å². The Morgan fingerprint density at radius 3 is 2.15 bits per heavy atom. The number of carbonyl (C=O) groups excluding carboxylic acids is 2. The fraction of sp³-hybridized carbons (Fsp3) is 0.267. The van der Waals surface area contributed by atoms with E-state index >= 15 is 0 Å². The fourth-order valence-corrected chi connectivity index (χ4v) is 4.65. The third-order valence-corrected chi connectivity index (χ3v) is 6.42. The van der Waals surface area contributed by atoms with Gasteiger partial charge in [-0.1, -0.05) is 17.7 Å². The van der Waals surface area contributed by atoms with Crippen LogP contribution in [0.3, 0.4) is 0 Å². The minimum Gasteiger partial charge on any atom is -0.507 e. The molecule has 0 aliphatic carbocycles. The van der Waals surface area contributed by atoms with Gasteiger partial charge in [-0.15, -0.1) is 0 Å². The van der Waals surface area contributed by atoms with E-state index < -0.39 is 17.7 Å². The lowest BCUT2D eigenvalue weighted by atomic mass is 9.94. The Kier molecular flexibility index (Phi) is 8.66. The maximum absolute atomic E-state index is 13.6. The molecule has 0 aromatic heterocycles. The highest BCUT2D eigenvalue weighted by molar-refractivity contribution is 6.51. The van der Waals surface area contributed by atoms with Crippen molar-refractivity contribution < 1.29 is 33.6 Å². The summed E-state index contributed by atoms with van der Waals surface area (Å²) in [5.41, 5.74) is 1.15. The van der Waals surface area contributed by atoms with Gasteiger partial charge in [0.25, 0.3) is 11.7 Å². The number of rotatable bonds is 10. The number of hydrogen-bond acceptors (Lipinski definition) is 7. The number of halogens is 1. The number of ether oxygens (including phenoxy) is 4. The third kappa shape index (κ3) is 5.52. The molecule has 204 valence electrons. The summed E-state index contributed by atoms with van der Waals surface area (Å²) < 4.78 is 22.5. The topological polar surface area (TPSA) is 94.5 Å². The minimum absolute atomic E-state index is 0.0901. The summed E-state index contributed by atoms with van der Waals surface area (Å²) in [6, 6.07) is 15.6. The van der Waals surface area contributed by atoms with Gasteiger partial charge in [0.1, 0.15) is 17.3 Å². The summed E-state index contributed by atoms with van der Waals surface area (Å²) in [5.74, 6) is -0.187. The predicted octanol–water partition coefficient (Wildman–Crippen LogP) is 6.17. The smallest absolute Gasteiger partial charge is 0.300 e. The van der Waals surface area contributed by atoms with Crippen LogP contribution in [-0.4, -0.2) is 43.7 Å². The number of nitrogens with zero attached hydrogens (tertiary/aromatic N) is 1. The monoisotopic (exact) mass is 551 g/mol. The van der Waals surface area contributed by atoms with Gasteiger partial charge in [-0.3, -0.25) is 14.5 Å². The highest BCUT2D eigenvalue weighted by Gasteiger charge is 2.47. The molecule has 39 heavy (non-hydrogen) atoms. The molecule has 3 aromatic carbocycles. The van der Waals surface area contributed by atoms with Crippen molar-refractivity contribution in [1.29, 1.82) is 0 Å². The van der Waals surface area contributed by atoms with Crippen LogP contribution in [0.15, 0.2) is 66.2 Å². The molecule has 1 aliphatic rings. The minimum atomic E-state index is -0.975. The molecule has 0 radical (unpaired) electrons. The first-order chi connectivity index (χ1) is 18.8. The number of anilines is 1. The zero-order chi connectivity index (χ0) is 28.1. The van der Waals surface area contributed by atoms with E-state index in [-0.39, 0.29) is 16.9 Å². The van der Waals surface area contributed by atoms with Crippen LogP contribution in [0.2, 0.25) is 5.02 Å².